The molecule has 0 aliphatic heterocycles. The Labute approximate surface area is 268 Å². The van der Waals surface area contributed by atoms with Gasteiger partial charge in [-0.25, -0.2) is 8.42 Å². The lowest BCUT2D eigenvalue weighted by Gasteiger charge is -2.34. The van der Waals surface area contributed by atoms with Crippen LogP contribution in [0.2, 0.25) is 10.0 Å². The highest BCUT2D eigenvalue weighted by molar-refractivity contribution is 7.92. The minimum atomic E-state index is -4.30. The second-order valence-electron chi connectivity index (χ2n) is 9.89. The first-order chi connectivity index (χ1) is 21.1. The van der Waals surface area contributed by atoms with E-state index in [4.69, 9.17) is 27.9 Å². The number of carbonyl (C=O) groups excluding carboxylic acids is 2. The van der Waals surface area contributed by atoms with Crippen LogP contribution in [0.25, 0.3) is 0 Å². The Morgan fingerprint density at radius 2 is 1.48 bits per heavy atom. The van der Waals surface area contributed by atoms with Crippen molar-refractivity contribution in [2.45, 2.75) is 30.8 Å². The number of likely N-dealkylation sites (N-methyl/N-ethyl adjacent to an activating group) is 1. The normalized spacial score (nSPS) is 11.8. The summed E-state index contributed by atoms with van der Waals surface area (Å²) in [6.07, 6.45) is 0.199. The third-order valence-corrected chi connectivity index (χ3v) is 9.13. The van der Waals surface area contributed by atoms with Gasteiger partial charge in [-0.3, -0.25) is 13.9 Å². The minimum absolute atomic E-state index is 0.0000662. The molecular weight excluding hydrogens is 621 g/mol. The molecule has 4 aromatic carbocycles. The summed E-state index contributed by atoms with van der Waals surface area (Å²) < 4.78 is 34.7. The van der Waals surface area contributed by atoms with Crippen molar-refractivity contribution >= 4 is 50.7 Å². The van der Waals surface area contributed by atoms with E-state index < -0.39 is 28.5 Å². The summed E-state index contributed by atoms with van der Waals surface area (Å²) in [5, 5.41) is 3.55. The van der Waals surface area contributed by atoms with Crippen LogP contribution in [0, 0.1) is 0 Å². The van der Waals surface area contributed by atoms with Gasteiger partial charge in [0.05, 0.1) is 17.7 Å². The number of hydrogen-bond acceptors (Lipinski definition) is 5. The first-order valence-corrected chi connectivity index (χ1v) is 16.1. The second-order valence-corrected chi connectivity index (χ2v) is 12.6. The van der Waals surface area contributed by atoms with Crippen LogP contribution in [0.15, 0.2) is 108 Å². The van der Waals surface area contributed by atoms with Crippen molar-refractivity contribution in [2.24, 2.45) is 0 Å². The zero-order chi connectivity index (χ0) is 31.7. The molecule has 0 spiro atoms. The molecule has 0 heterocycles. The summed E-state index contributed by atoms with van der Waals surface area (Å²) >= 11 is 12.6. The fourth-order valence-corrected chi connectivity index (χ4v) is 6.59. The van der Waals surface area contributed by atoms with Crippen LogP contribution < -0.4 is 14.4 Å². The SMILES string of the molecule is CCNC(=O)[C@H](Cc1ccccc1)N(Cc1cccc(Cl)c1)C(=O)CN(c1cc(Cl)ccc1OC)S(=O)(=O)c1ccccc1. The lowest BCUT2D eigenvalue weighted by Crippen LogP contribution is -2.53. The molecule has 0 aromatic heterocycles. The Bertz CT molecular complexity index is 1690. The number of hydrogen-bond donors (Lipinski definition) is 1. The maximum atomic E-state index is 14.5. The fraction of sp³-hybridized carbons (Fsp3) is 0.212. The van der Waals surface area contributed by atoms with E-state index in [1.165, 1.54) is 36.3 Å². The van der Waals surface area contributed by atoms with E-state index >= 15 is 0 Å². The van der Waals surface area contributed by atoms with E-state index in [9.17, 15) is 18.0 Å². The monoisotopic (exact) mass is 653 g/mol. The van der Waals surface area contributed by atoms with Gasteiger partial charge in [0.2, 0.25) is 11.8 Å². The predicted octanol–water partition coefficient (Wildman–Crippen LogP) is 5.97. The average Bonchev–Trinajstić information content (AvgIpc) is 3.02. The van der Waals surface area contributed by atoms with Crippen molar-refractivity contribution in [3.63, 3.8) is 0 Å². The van der Waals surface area contributed by atoms with Crippen LogP contribution in [0.1, 0.15) is 18.1 Å². The summed E-state index contributed by atoms with van der Waals surface area (Å²) in [7, 11) is -2.90. The number of amides is 2. The van der Waals surface area contributed by atoms with Crippen LogP contribution in [0.4, 0.5) is 5.69 Å². The molecule has 0 aliphatic carbocycles. The highest BCUT2D eigenvalue weighted by atomic mass is 35.5. The third kappa shape index (κ3) is 8.11. The highest BCUT2D eigenvalue weighted by Crippen LogP contribution is 2.35. The molecule has 0 fully saturated rings. The molecule has 4 rings (SSSR count). The van der Waals surface area contributed by atoms with Gasteiger partial charge in [0, 0.05) is 29.6 Å². The van der Waals surface area contributed by atoms with Crippen molar-refractivity contribution in [1.82, 2.24) is 10.2 Å². The van der Waals surface area contributed by atoms with Crippen LogP contribution in [0.5, 0.6) is 5.75 Å². The van der Waals surface area contributed by atoms with E-state index in [0.717, 1.165) is 9.87 Å². The highest BCUT2D eigenvalue weighted by Gasteiger charge is 2.35. The van der Waals surface area contributed by atoms with Crippen molar-refractivity contribution in [3.05, 3.63) is 124 Å². The number of rotatable bonds is 13. The van der Waals surface area contributed by atoms with Gasteiger partial charge in [0.25, 0.3) is 10.0 Å². The van der Waals surface area contributed by atoms with Gasteiger partial charge in [-0.1, -0.05) is 83.9 Å². The van der Waals surface area contributed by atoms with Crippen LogP contribution in [-0.4, -0.2) is 51.4 Å². The molecule has 0 radical (unpaired) electrons. The Hall–Kier alpha value is -4.05. The molecular formula is C33H33Cl2N3O5S. The molecule has 0 saturated heterocycles. The Kier molecular flexibility index (Phi) is 11.3. The summed E-state index contributed by atoms with van der Waals surface area (Å²) in [4.78, 5) is 29.4. The van der Waals surface area contributed by atoms with Gasteiger partial charge in [-0.2, -0.15) is 0 Å². The number of benzene rings is 4. The zero-order valence-electron chi connectivity index (χ0n) is 24.3. The molecule has 230 valence electrons. The number of sulfonamides is 1. The second kappa shape index (κ2) is 15.1. The first-order valence-electron chi connectivity index (χ1n) is 13.9. The van der Waals surface area contributed by atoms with Gasteiger partial charge in [-0.05, 0) is 60.5 Å². The van der Waals surface area contributed by atoms with Gasteiger partial charge in [-0.15, -0.1) is 0 Å². The Balaban J connectivity index is 1.84. The summed E-state index contributed by atoms with van der Waals surface area (Å²) in [6, 6.07) is 27.6. The molecule has 1 atom stereocenters. The number of halogens is 2. The van der Waals surface area contributed by atoms with Crippen LogP contribution in [0.3, 0.4) is 0 Å². The topological polar surface area (TPSA) is 96.0 Å². The van der Waals surface area contributed by atoms with E-state index in [1.54, 1.807) is 55.5 Å². The van der Waals surface area contributed by atoms with E-state index in [2.05, 4.69) is 5.32 Å². The van der Waals surface area contributed by atoms with Crippen LogP contribution >= 0.6 is 23.2 Å². The quantitative estimate of drug-likeness (QED) is 0.192. The lowest BCUT2D eigenvalue weighted by molar-refractivity contribution is -0.140. The summed E-state index contributed by atoms with van der Waals surface area (Å²) in [6.45, 7) is 1.50. The molecule has 2 amide bonds. The number of carbonyl (C=O) groups is 2. The van der Waals surface area contributed by atoms with Gasteiger partial charge in [0.1, 0.15) is 18.3 Å². The number of nitrogens with one attached hydrogen (secondary N) is 1. The standard InChI is InChI=1S/C33H33Cl2N3O5S/c1-3-36-33(40)30(20-24-11-6-4-7-12-24)37(22-25-13-10-14-26(34)19-25)32(39)23-38(29-21-27(35)17-18-31(29)43-2)44(41,42)28-15-8-5-9-16-28/h4-19,21,30H,3,20,22-23H2,1-2H3,(H,36,40)/t30-/m0/s1. The third-order valence-electron chi connectivity index (χ3n) is 6.88. The van der Waals surface area contributed by atoms with Crippen LogP contribution in [-0.2, 0) is 32.6 Å². The fourth-order valence-electron chi connectivity index (χ4n) is 4.77. The first kappa shape index (κ1) is 32.9. The number of anilines is 1. The molecule has 4 aromatic rings. The number of nitrogens with zero attached hydrogens (tertiary/aromatic N) is 2. The van der Waals surface area contributed by atoms with Crippen molar-refractivity contribution in [1.29, 1.82) is 0 Å². The average molecular weight is 655 g/mol. The summed E-state index contributed by atoms with van der Waals surface area (Å²) in [5.41, 5.74) is 1.58. The molecule has 44 heavy (non-hydrogen) atoms. The Morgan fingerprint density at radius 3 is 2.11 bits per heavy atom. The van der Waals surface area contributed by atoms with Crippen molar-refractivity contribution in [3.8, 4) is 5.75 Å². The zero-order valence-corrected chi connectivity index (χ0v) is 26.6. The molecule has 0 unspecified atom stereocenters. The molecule has 0 bridgehead atoms. The largest absolute Gasteiger partial charge is 0.495 e. The Morgan fingerprint density at radius 1 is 0.841 bits per heavy atom. The van der Waals surface area contributed by atoms with E-state index in [-0.39, 0.29) is 40.2 Å². The predicted molar refractivity (Wildman–Crippen MR) is 174 cm³/mol. The molecule has 0 aliphatic rings. The van der Waals surface area contributed by atoms with Crippen molar-refractivity contribution < 1.29 is 22.7 Å². The summed E-state index contributed by atoms with van der Waals surface area (Å²) in [5.74, 6) is -0.782. The van der Waals surface area contributed by atoms with Crippen molar-refractivity contribution in [2.75, 3.05) is 24.5 Å². The molecule has 8 nitrogen and oxygen atoms in total. The smallest absolute Gasteiger partial charge is 0.264 e. The molecule has 11 heteroatoms. The maximum Gasteiger partial charge on any atom is 0.264 e. The van der Waals surface area contributed by atoms with Gasteiger partial charge >= 0.3 is 0 Å². The molecule has 0 saturated carbocycles. The van der Waals surface area contributed by atoms with E-state index in [1.807, 2.05) is 30.3 Å². The van der Waals surface area contributed by atoms with E-state index in [0.29, 0.717) is 17.1 Å². The molecule has 1 N–H and O–H groups in total. The minimum Gasteiger partial charge on any atom is -0.495 e. The number of ether oxygens (including phenoxy) is 1. The maximum absolute atomic E-state index is 14.5. The lowest BCUT2D eigenvalue weighted by atomic mass is 10.0. The number of methoxy groups -OCH3 is 1. The van der Waals surface area contributed by atoms with Gasteiger partial charge in [0.15, 0.2) is 0 Å². The van der Waals surface area contributed by atoms with Gasteiger partial charge < -0.3 is 15.0 Å².